The van der Waals surface area contributed by atoms with Gasteiger partial charge in [0.2, 0.25) is 0 Å². The van der Waals surface area contributed by atoms with Crippen molar-refractivity contribution in [1.29, 1.82) is 0 Å². The van der Waals surface area contributed by atoms with E-state index < -0.39 is 0 Å². The molecule has 0 N–H and O–H groups in total. The second-order valence-corrected chi connectivity index (χ2v) is 5.55. The van der Waals surface area contributed by atoms with E-state index in [1.807, 2.05) is 0 Å². The van der Waals surface area contributed by atoms with Gasteiger partial charge in [0.05, 0.1) is 0 Å². The first-order chi connectivity index (χ1) is 8.56. The van der Waals surface area contributed by atoms with Gasteiger partial charge >= 0.3 is 0 Å². The Morgan fingerprint density at radius 2 is 2.11 bits per heavy atom. The van der Waals surface area contributed by atoms with E-state index >= 15 is 0 Å². The Balaban J connectivity index is 2.12. The molecule has 98 valence electrons. The lowest BCUT2D eigenvalue weighted by atomic mass is 9.96. The number of benzene rings is 1. The zero-order valence-corrected chi connectivity index (χ0v) is 11.5. The summed E-state index contributed by atoms with van der Waals surface area (Å²) in [6.45, 7) is 6.42. The molecule has 0 amide bonds. The molecule has 1 aliphatic carbocycles. The molecule has 1 unspecified atom stereocenters. The van der Waals surface area contributed by atoms with Gasteiger partial charge in [0, 0.05) is 12.8 Å². The van der Waals surface area contributed by atoms with E-state index in [1.165, 1.54) is 5.56 Å². The van der Waals surface area contributed by atoms with Gasteiger partial charge in [-0.2, -0.15) is 0 Å². The lowest BCUT2D eigenvalue weighted by molar-refractivity contribution is -0.122. The van der Waals surface area contributed by atoms with Crippen LogP contribution in [0.25, 0.3) is 0 Å². The largest absolute Gasteiger partial charge is 0.490 e. The minimum absolute atomic E-state index is 0.0763. The van der Waals surface area contributed by atoms with Crippen molar-refractivity contribution < 1.29 is 9.53 Å². The highest BCUT2D eigenvalue weighted by Crippen LogP contribution is 2.28. The van der Waals surface area contributed by atoms with E-state index in [4.69, 9.17) is 4.74 Å². The van der Waals surface area contributed by atoms with Gasteiger partial charge in [0.25, 0.3) is 0 Å². The SMILES string of the molecule is Cc1ccc(C(C)C)cc1OC1CCCC(=O)C1. The smallest absolute Gasteiger partial charge is 0.136 e. The Bertz CT molecular complexity index is 435. The Labute approximate surface area is 109 Å². The normalized spacial score (nSPS) is 20.2. The van der Waals surface area contributed by atoms with Crippen LogP contribution in [0.1, 0.15) is 56.6 Å². The fourth-order valence-corrected chi connectivity index (χ4v) is 2.37. The quantitative estimate of drug-likeness (QED) is 0.805. The van der Waals surface area contributed by atoms with Gasteiger partial charge in [-0.3, -0.25) is 4.79 Å². The van der Waals surface area contributed by atoms with Crippen molar-refractivity contribution >= 4 is 5.78 Å². The molecular formula is C16H22O2. The van der Waals surface area contributed by atoms with Crippen molar-refractivity contribution in [3.05, 3.63) is 29.3 Å². The monoisotopic (exact) mass is 246 g/mol. The number of hydrogen-bond acceptors (Lipinski definition) is 2. The Kier molecular flexibility index (Phi) is 4.05. The molecule has 1 fully saturated rings. The van der Waals surface area contributed by atoms with E-state index in [-0.39, 0.29) is 6.10 Å². The van der Waals surface area contributed by atoms with Gasteiger partial charge in [-0.15, -0.1) is 0 Å². The highest BCUT2D eigenvalue weighted by molar-refractivity contribution is 5.79. The molecule has 2 rings (SSSR count). The van der Waals surface area contributed by atoms with Gasteiger partial charge < -0.3 is 4.74 Å². The van der Waals surface area contributed by atoms with E-state index in [2.05, 4.69) is 39.0 Å². The Morgan fingerprint density at radius 1 is 1.33 bits per heavy atom. The molecular weight excluding hydrogens is 224 g/mol. The van der Waals surface area contributed by atoms with Crippen LogP contribution in [0.15, 0.2) is 18.2 Å². The summed E-state index contributed by atoms with van der Waals surface area (Å²) >= 11 is 0. The van der Waals surface area contributed by atoms with Crippen LogP contribution in [-0.2, 0) is 4.79 Å². The first-order valence-electron chi connectivity index (χ1n) is 6.85. The zero-order valence-electron chi connectivity index (χ0n) is 11.5. The summed E-state index contributed by atoms with van der Waals surface area (Å²) in [7, 11) is 0. The summed E-state index contributed by atoms with van der Waals surface area (Å²) in [5, 5.41) is 0. The molecule has 0 bridgehead atoms. The average molecular weight is 246 g/mol. The summed E-state index contributed by atoms with van der Waals surface area (Å²) in [4.78, 5) is 11.4. The average Bonchev–Trinajstić information content (AvgIpc) is 2.31. The first kappa shape index (κ1) is 13.1. The third-order valence-electron chi connectivity index (χ3n) is 3.61. The Morgan fingerprint density at radius 3 is 2.78 bits per heavy atom. The number of hydrogen-bond donors (Lipinski definition) is 0. The van der Waals surface area contributed by atoms with Crippen LogP contribution in [0.3, 0.4) is 0 Å². The maximum Gasteiger partial charge on any atom is 0.136 e. The Hall–Kier alpha value is -1.31. The molecule has 1 saturated carbocycles. The zero-order chi connectivity index (χ0) is 13.1. The predicted octanol–water partition coefficient (Wildman–Crippen LogP) is 4.01. The number of ketones is 1. The number of rotatable bonds is 3. The molecule has 0 aromatic heterocycles. The minimum atomic E-state index is 0.0763. The molecule has 1 aromatic carbocycles. The van der Waals surface area contributed by atoms with E-state index in [1.54, 1.807) is 0 Å². The summed E-state index contributed by atoms with van der Waals surface area (Å²) in [6, 6.07) is 6.38. The molecule has 18 heavy (non-hydrogen) atoms. The van der Waals surface area contributed by atoms with Gasteiger partial charge in [0.15, 0.2) is 0 Å². The van der Waals surface area contributed by atoms with Crippen LogP contribution < -0.4 is 4.74 Å². The fraction of sp³-hybridized carbons (Fsp3) is 0.562. The van der Waals surface area contributed by atoms with E-state index in [0.717, 1.165) is 30.6 Å². The number of ether oxygens (including phenoxy) is 1. The number of Topliss-reactive ketones (excluding diaryl/α,β-unsaturated/α-hetero) is 1. The molecule has 2 nitrogen and oxygen atoms in total. The molecule has 0 radical (unpaired) electrons. The number of carbonyl (C=O) groups is 1. The summed E-state index contributed by atoms with van der Waals surface area (Å²) in [5.41, 5.74) is 2.44. The molecule has 0 heterocycles. The number of carbonyl (C=O) groups excluding carboxylic acids is 1. The predicted molar refractivity (Wildman–Crippen MR) is 73.2 cm³/mol. The molecule has 0 spiro atoms. The first-order valence-corrected chi connectivity index (χ1v) is 6.85. The van der Waals surface area contributed by atoms with Crippen LogP contribution in [0.5, 0.6) is 5.75 Å². The summed E-state index contributed by atoms with van der Waals surface area (Å²) in [6.07, 6.45) is 3.34. The van der Waals surface area contributed by atoms with Crippen LogP contribution in [-0.4, -0.2) is 11.9 Å². The maximum atomic E-state index is 11.4. The van der Waals surface area contributed by atoms with Gasteiger partial charge in [0.1, 0.15) is 17.6 Å². The van der Waals surface area contributed by atoms with Crippen molar-refractivity contribution in [2.24, 2.45) is 0 Å². The van der Waals surface area contributed by atoms with Gasteiger partial charge in [-0.05, 0) is 42.9 Å². The van der Waals surface area contributed by atoms with Gasteiger partial charge in [-0.1, -0.05) is 26.0 Å². The molecule has 1 atom stereocenters. The van der Waals surface area contributed by atoms with Gasteiger partial charge in [-0.25, -0.2) is 0 Å². The third-order valence-corrected chi connectivity index (χ3v) is 3.61. The standard InChI is InChI=1S/C16H22O2/c1-11(2)13-8-7-12(3)16(9-13)18-15-6-4-5-14(17)10-15/h7-9,11,15H,4-6,10H2,1-3H3. The van der Waals surface area contributed by atoms with Crippen LogP contribution in [0, 0.1) is 6.92 Å². The third kappa shape index (κ3) is 3.12. The molecule has 1 aliphatic rings. The lowest BCUT2D eigenvalue weighted by Gasteiger charge is -2.23. The highest BCUT2D eigenvalue weighted by atomic mass is 16.5. The lowest BCUT2D eigenvalue weighted by Crippen LogP contribution is -2.25. The minimum Gasteiger partial charge on any atom is -0.490 e. The molecule has 0 aliphatic heterocycles. The summed E-state index contributed by atoms with van der Waals surface area (Å²) in [5.74, 6) is 1.78. The number of aryl methyl sites for hydroxylation is 1. The van der Waals surface area contributed by atoms with Crippen molar-refractivity contribution in [2.75, 3.05) is 0 Å². The van der Waals surface area contributed by atoms with Crippen molar-refractivity contribution in [3.8, 4) is 5.75 Å². The fourth-order valence-electron chi connectivity index (χ4n) is 2.37. The van der Waals surface area contributed by atoms with Crippen LogP contribution in [0.2, 0.25) is 0 Å². The summed E-state index contributed by atoms with van der Waals surface area (Å²) < 4.78 is 6.03. The van der Waals surface area contributed by atoms with Crippen LogP contribution >= 0.6 is 0 Å². The van der Waals surface area contributed by atoms with Crippen LogP contribution in [0.4, 0.5) is 0 Å². The second-order valence-electron chi connectivity index (χ2n) is 5.55. The maximum absolute atomic E-state index is 11.4. The van der Waals surface area contributed by atoms with Crippen molar-refractivity contribution in [1.82, 2.24) is 0 Å². The van der Waals surface area contributed by atoms with E-state index in [0.29, 0.717) is 18.1 Å². The molecule has 1 aromatic rings. The highest BCUT2D eigenvalue weighted by Gasteiger charge is 2.21. The van der Waals surface area contributed by atoms with Crippen molar-refractivity contribution in [2.45, 2.75) is 58.5 Å². The molecule has 0 saturated heterocycles. The van der Waals surface area contributed by atoms with E-state index in [9.17, 15) is 4.79 Å². The topological polar surface area (TPSA) is 26.3 Å². The second kappa shape index (κ2) is 5.55. The molecule has 2 heteroatoms. The van der Waals surface area contributed by atoms with Crippen molar-refractivity contribution in [3.63, 3.8) is 0 Å².